The lowest BCUT2D eigenvalue weighted by atomic mass is 9.71. The molecule has 2 aliphatic heterocycles. The molecule has 1 aromatic rings. The molecule has 26 heavy (non-hydrogen) atoms. The molecule has 3 fully saturated rings. The van der Waals surface area contributed by atoms with E-state index in [0.717, 1.165) is 31.5 Å². The van der Waals surface area contributed by atoms with Gasteiger partial charge in [0, 0.05) is 43.6 Å². The van der Waals surface area contributed by atoms with Gasteiger partial charge in [0.15, 0.2) is 0 Å². The van der Waals surface area contributed by atoms with Gasteiger partial charge in [0.05, 0.1) is 5.56 Å². The van der Waals surface area contributed by atoms with E-state index in [9.17, 15) is 14.7 Å². The number of carbonyl (C=O) groups excluding carboxylic acids is 1. The van der Waals surface area contributed by atoms with Crippen molar-refractivity contribution in [1.82, 2.24) is 9.80 Å². The number of nitrogens with zero attached hydrogens (tertiary/aromatic N) is 2. The summed E-state index contributed by atoms with van der Waals surface area (Å²) in [5, 5.41) is 9.28. The molecule has 4 rings (SSSR count). The van der Waals surface area contributed by atoms with Crippen LogP contribution in [0.4, 0.5) is 0 Å². The molecule has 2 bridgehead atoms. The maximum atomic E-state index is 12.3. The summed E-state index contributed by atoms with van der Waals surface area (Å²) in [7, 11) is 0. The van der Waals surface area contributed by atoms with E-state index in [0.29, 0.717) is 23.7 Å². The molecule has 2 heterocycles. The molecule has 0 spiro atoms. The van der Waals surface area contributed by atoms with Crippen molar-refractivity contribution >= 4 is 11.9 Å². The zero-order chi connectivity index (χ0) is 18.5. The number of carboxylic acids is 1. The van der Waals surface area contributed by atoms with Gasteiger partial charge in [-0.1, -0.05) is 31.9 Å². The summed E-state index contributed by atoms with van der Waals surface area (Å²) in [4.78, 5) is 28.3. The molecule has 0 unspecified atom stereocenters. The summed E-state index contributed by atoms with van der Waals surface area (Å²) in [6.07, 6.45) is 5.83. The average molecular weight is 356 g/mol. The Labute approximate surface area is 155 Å². The van der Waals surface area contributed by atoms with Crippen molar-refractivity contribution in [2.24, 2.45) is 5.41 Å². The van der Waals surface area contributed by atoms with Crippen LogP contribution in [-0.2, 0) is 11.3 Å². The minimum absolute atomic E-state index is 0.148. The van der Waals surface area contributed by atoms with E-state index in [4.69, 9.17) is 0 Å². The lowest BCUT2D eigenvalue weighted by Gasteiger charge is -2.46. The first kappa shape index (κ1) is 17.5. The summed E-state index contributed by atoms with van der Waals surface area (Å²) in [6, 6.07) is 8.49. The molecular formula is C21H28N2O3. The standard InChI is InChI=1S/C21H28N2O3/c1-14(24)22-13-17-11-21(2)18(22)8-3-4-9-19(21)23(17)12-15-6-5-7-16(10-15)20(25)26/h5-7,10,17-19H,3-4,8-9,11-13H2,1-2H3,(H,25,26)/t17-,18+,19-,21+/m0/s1. The van der Waals surface area contributed by atoms with Crippen LogP contribution in [-0.4, -0.2) is 51.5 Å². The van der Waals surface area contributed by atoms with Crippen molar-refractivity contribution in [3.8, 4) is 0 Å². The highest BCUT2D eigenvalue weighted by molar-refractivity contribution is 5.87. The lowest BCUT2D eigenvalue weighted by Crippen LogP contribution is -2.55. The Morgan fingerprint density at radius 3 is 2.65 bits per heavy atom. The molecule has 2 saturated heterocycles. The molecule has 1 amide bonds. The van der Waals surface area contributed by atoms with Gasteiger partial charge in [0.2, 0.25) is 5.91 Å². The van der Waals surface area contributed by atoms with E-state index in [-0.39, 0.29) is 11.3 Å². The van der Waals surface area contributed by atoms with Gasteiger partial charge in [-0.25, -0.2) is 4.79 Å². The number of carbonyl (C=O) groups is 2. The molecule has 4 atom stereocenters. The number of likely N-dealkylation sites (tertiary alicyclic amines) is 2. The predicted octanol–water partition coefficient (Wildman–Crippen LogP) is 3.14. The molecule has 0 aromatic heterocycles. The van der Waals surface area contributed by atoms with Gasteiger partial charge in [-0.2, -0.15) is 0 Å². The van der Waals surface area contributed by atoms with E-state index in [1.165, 1.54) is 19.3 Å². The number of aromatic carboxylic acids is 1. The Hall–Kier alpha value is -1.88. The largest absolute Gasteiger partial charge is 0.478 e. The van der Waals surface area contributed by atoms with E-state index in [1.54, 1.807) is 19.1 Å². The summed E-state index contributed by atoms with van der Waals surface area (Å²) in [5.41, 5.74) is 1.55. The first-order valence-corrected chi connectivity index (χ1v) is 9.75. The zero-order valence-corrected chi connectivity index (χ0v) is 15.6. The predicted molar refractivity (Wildman–Crippen MR) is 98.9 cm³/mol. The molecule has 1 saturated carbocycles. The molecule has 5 nitrogen and oxygen atoms in total. The van der Waals surface area contributed by atoms with Gasteiger partial charge in [-0.15, -0.1) is 0 Å². The first-order chi connectivity index (χ1) is 12.4. The highest BCUT2D eigenvalue weighted by Gasteiger charge is 2.58. The Morgan fingerprint density at radius 2 is 1.96 bits per heavy atom. The third-order valence-electron chi connectivity index (χ3n) is 7.00. The Morgan fingerprint density at radius 1 is 1.23 bits per heavy atom. The Kier molecular flexibility index (Phi) is 4.30. The zero-order valence-electron chi connectivity index (χ0n) is 15.6. The van der Waals surface area contributed by atoms with Crippen LogP contribution < -0.4 is 0 Å². The number of rotatable bonds is 3. The molecular weight excluding hydrogens is 328 g/mol. The highest BCUT2D eigenvalue weighted by atomic mass is 16.4. The summed E-state index contributed by atoms with van der Waals surface area (Å²) in [5.74, 6) is -0.683. The fourth-order valence-electron chi connectivity index (χ4n) is 5.89. The number of benzene rings is 1. The Bertz CT molecular complexity index is 734. The van der Waals surface area contributed by atoms with Crippen LogP contribution in [0, 0.1) is 5.41 Å². The molecule has 3 aliphatic rings. The van der Waals surface area contributed by atoms with Gasteiger partial charge in [0.1, 0.15) is 0 Å². The summed E-state index contributed by atoms with van der Waals surface area (Å²) in [6.45, 7) is 5.66. The first-order valence-electron chi connectivity index (χ1n) is 9.75. The van der Waals surface area contributed by atoms with Gasteiger partial charge in [-0.3, -0.25) is 9.69 Å². The molecule has 5 heteroatoms. The minimum Gasteiger partial charge on any atom is -0.478 e. The maximum absolute atomic E-state index is 12.3. The normalized spacial score (nSPS) is 33.8. The van der Waals surface area contributed by atoms with Crippen molar-refractivity contribution in [1.29, 1.82) is 0 Å². The van der Waals surface area contributed by atoms with Crippen LogP contribution in [0.25, 0.3) is 0 Å². The van der Waals surface area contributed by atoms with Gasteiger partial charge >= 0.3 is 5.97 Å². The topological polar surface area (TPSA) is 60.9 Å². The van der Waals surface area contributed by atoms with Crippen LogP contribution in [0.1, 0.15) is 61.9 Å². The lowest BCUT2D eigenvalue weighted by molar-refractivity contribution is -0.136. The number of fused-ring (bicyclic) bond motifs is 1. The maximum Gasteiger partial charge on any atom is 0.335 e. The molecule has 0 radical (unpaired) electrons. The average Bonchev–Trinajstić information content (AvgIpc) is 2.71. The molecule has 1 aliphatic carbocycles. The van der Waals surface area contributed by atoms with Gasteiger partial charge in [-0.05, 0) is 37.0 Å². The van der Waals surface area contributed by atoms with E-state index < -0.39 is 5.97 Å². The van der Waals surface area contributed by atoms with Crippen molar-refractivity contribution in [3.05, 3.63) is 35.4 Å². The fraction of sp³-hybridized carbons (Fsp3) is 0.619. The molecule has 1 N–H and O–H groups in total. The SMILES string of the molecule is CC(=O)N1C[C@@H]2C[C@@]3(C)[C@H](CCCC[C@@H]13)N2Cc1cccc(C(=O)O)c1. The second-order valence-corrected chi connectivity index (χ2v) is 8.53. The van der Waals surface area contributed by atoms with Gasteiger partial charge < -0.3 is 10.0 Å². The van der Waals surface area contributed by atoms with E-state index >= 15 is 0 Å². The molecule has 140 valence electrons. The Balaban J connectivity index is 1.66. The van der Waals surface area contributed by atoms with Gasteiger partial charge in [0.25, 0.3) is 0 Å². The second-order valence-electron chi connectivity index (χ2n) is 8.53. The van der Waals surface area contributed by atoms with E-state index in [2.05, 4.69) is 16.7 Å². The second kappa shape index (κ2) is 6.38. The fourth-order valence-corrected chi connectivity index (χ4v) is 5.89. The number of carboxylic acid groups (broad SMARTS) is 1. The van der Waals surface area contributed by atoms with Crippen molar-refractivity contribution in [2.45, 2.75) is 70.6 Å². The number of hydrogen-bond acceptors (Lipinski definition) is 3. The van der Waals surface area contributed by atoms with Crippen LogP contribution >= 0.6 is 0 Å². The monoisotopic (exact) mass is 356 g/mol. The third kappa shape index (κ3) is 2.73. The van der Waals surface area contributed by atoms with Crippen LogP contribution in [0.2, 0.25) is 0 Å². The number of amides is 1. The summed E-state index contributed by atoms with van der Waals surface area (Å²) >= 11 is 0. The van der Waals surface area contributed by atoms with Crippen molar-refractivity contribution in [2.75, 3.05) is 6.54 Å². The van der Waals surface area contributed by atoms with Crippen molar-refractivity contribution < 1.29 is 14.7 Å². The highest BCUT2D eigenvalue weighted by Crippen LogP contribution is 2.53. The van der Waals surface area contributed by atoms with E-state index in [1.807, 2.05) is 12.1 Å². The van der Waals surface area contributed by atoms with Crippen LogP contribution in [0.3, 0.4) is 0 Å². The quantitative estimate of drug-likeness (QED) is 0.904. The molecule has 1 aromatic carbocycles. The summed E-state index contributed by atoms with van der Waals surface area (Å²) < 4.78 is 0. The number of piperidine rings is 1. The number of hydrogen-bond donors (Lipinski definition) is 1. The van der Waals surface area contributed by atoms with Crippen LogP contribution in [0.5, 0.6) is 0 Å². The third-order valence-corrected chi connectivity index (χ3v) is 7.00. The van der Waals surface area contributed by atoms with Crippen molar-refractivity contribution in [3.63, 3.8) is 0 Å². The van der Waals surface area contributed by atoms with Crippen LogP contribution in [0.15, 0.2) is 24.3 Å². The smallest absolute Gasteiger partial charge is 0.335 e. The minimum atomic E-state index is -0.878.